The van der Waals surface area contributed by atoms with Gasteiger partial charge in [0, 0.05) is 12.5 Å². The number of aromatic nitrogens is 1. The molecule has 1 unspecified atom stereocenters. The Kier molecular flexibility index (Phi) is 3.91. The highest BCUT2D eigenvalue weighted by Crippen LogP contribution is 2.17. The molecule has 0 aromatic carbocycles. The van der Waals surface area contributed by atoms with Crippen molar-refractivity contribution >= 4 is 17.6 Å². The summed E-state index contributed by atoms with van der Waals surface area (Å²) in [6.07, 6.45) is 1.81. The van der Waals surface area contributed by atoms with E-state index in [1.54, 1.807) is 0 Å². The molecule has 0 amide bonds. The normalized spacial score (nSPS) is 19.3. The zero-order chi connectivity index (χ0) is 12.3. The lowest BCUT2D eigenvalue weighted by Gasteiger charge is -2.09. The molecule has 1 aromatic rings. The van der Waals surface area contributed by atoms with Crippen molar-refractivity contribution < 1.29 is 18.7 Å². The predicted molar refractivity (Wildman–Crippen MR) is 58.4 cm³/mol. The quantitative estimate of drug-likeness (QED) is 0.616. The van der Waals surface area contributed by atoms with Gasteiger partial charge < -0.3 is 9.47 Å². The summed E-state index contributed by atoms with van der Waals surface area (Å²) in [5, 5.41) is -0.0564. The molecule has 1 saturated heterocycles. The summed E-state index contributed by atoms with van der Waals surface area (Å²) in [6.45, 7) is 1.53. The largest absolute Gasteiger partial charge is 0.462 e. The number of pyridine rings is 1. The molecule has 17 heavy (non-hydrogen) atoms. The molecule has 1 aliphatic heterocycles. The highest BCUT2D eigenvalue weighted by atomic mass is 35.5. The third kappa shape index (κ3) is 3.14. The van der Waals surface area contributed by atoms with E-state index in [1.807, 2.05) is 0 Å². The van der Waals surface area contributed by atoms with Crippen LogP contribution < -0.4 is 0 Å². The average Bonchev–Trinajstić information content (AvgIpc) is 2.82. The molecule has 0 bridgehead atoms. The number of rotatable bonds is 3. The van der Waals surface area contributed by atoms with Gasteiger partial charge in [-0.15, -0.1) is 0 Å². The van der Waals surface area contributed by atoms with Gasteiger partial charge in [0.25, 0.3) is 0 Å². The molecule has 2 rings (SSSR count). The van der Waals surface area contributed by atoms with Crippen LogP contribution in [0.15, 0.2) is 12.3 Å². The van der Waals surface area contributed by atoms with E-state index < -0.39 is 11.8 Å². The van der Waals surface area contributed by atoms with Gasteiger partial charge in [0.2, 0.25) is 0 Å². The first-order chi connectivity index (χ1) is 8.16. The van der Waals surface area contributed by atoms with E-state index >= 15 is 0 Å². The maximum absolute atomic E-state index is 12.9. The predicted octanol–water partition coefficient (Wildman–Crippen LogP) is 2.07. The van der Waals surface area contributed by atoms with Crippen molar-refractivity contribution in [3.05, 3.63) is 28.8 Å². The summed E-state index contributed by atoms with van der Waals surface area (Å²) in [5.74, 6) is -1.07. The number of halogens is 2. The summed E-state index contributed by atoms with van der Waals surface area (Å²) in [5.41, 5.74) is -0.0504. The molecule has 1 aliphatic rings. The number of esters is 1. The number of hydrogen-bond donors (Lipinski definition) is 0. The number of carbonyl (C=O) groups excluding carboxylic acids is 1. The van der Waals surface area contributed by atoms with Crippen molar-refractivity contribution in [1.29, 1.82) is 0 Å². The van der Waals surface area contributed by atoms with E-state index in [4.69, 9.17) is 21.1 Å². The minimum atomic E-state index is -0.658. The molecule has 92 valence electrons. The molecule has 0 saturated carbocycles. The first-order valence-electron chi connectivity index (χ1n) is 5.22. The van der Waals surface area contributed by atoms with E-state index in [-0.39, 0.29) is 23.2 Å². The second-order valence-electron chi connectivity index (χ2n) is 3.82. The van der Waals surface area contributed by atoms with Crippen LogP contribution in [-0.4, -0.2) is 30.8 Å². The van der Waals surface area contributed by atoms with Gasteiger partial charge in [0.1, 0.15) is 11.0 Å². The number of carbonyl (C=O) groups is 1. The third-order valence-corrected chi connectivity index (χ3v) is 2.80. The number of hydrogen-bond acceptors (Lipinski definition) is 4. The Morgan fingerprint density at radius 1 is 1.71 bits per heavy atom. The fourth-order valence-electron chi connectivity index (χ4n) is 1.55. The Labute approximate surface area is 103 Å². The minimum Gasteiger partial charge on any atom is -0.462 e. The summed E-state index contributed by atoms with van der Waals surface area (Å²) in [4.78, 5) is 15.2. The lowest BCUT2D eigenvalue weighted by Crippen LogP contribution is -2.15. The Morgan fingerprint density at radius 2 is 2.53 bits per heavy atom. The van der Waals surface area contributed by atoms with E-state index in [0.717, 1.165) is 18.7 Å². The molecule has 4 nitrogen and oxygen atoms in total. The van der Waals surface area contributed by atoms with Crippen LogP contribution in [0.25, 0.3) is 0 Å². The molecule has 2 heterocycles. The molecular formula is C11H11ClFNO3. The summed E-state index contributed by atoms with van der Waals surface area (Å²) < 4.78 is 23.1. The van der Waals surface area contributed by atoms with Crippen molar-refractivity contribution in [1.82, 2.24) is 4.98 Å². The van der Waals surface area contributed by atoms with Crippen LogP contribution >= 0.6 is 11.6 Å². The van der Waals surface area contributed by atoms with E-state index in [2.05, 4.69) is 4.98 Å². The minimum absolute atomic E-state index is 0.0504. The average molecular weight is 260 g/mol. The van der Waals surface area contributed by atoms with Crippen LogP contribution in [0.5, 0.6) is 0 Å². The maximum Gasteiger partial charge on any atom is 0.341 e. The molecule has 6 heteroatoms. The molecule has 0 radical (unpaired) electrons. The fraction of sp³-hybridized carbons (Fsp3) is 0.455. The zero-order valence-electron chi connectivity index (χ0n) is 8.99. The summed E-state index contributed by atoms with van der Waals surface area (Å²) in [6, 6.07) is 1.02. The number of nitrogens with zero attached hydrogens (tertiary/aromatic N) is 1. The van der Waals surface area contributed by atoms with Crippen molar-refractivity contribution in [3.8, 4) is 0 Å². The van der Waals surface area contributed by atoms with Crippen LogP contribution in [0.3, 0.4) is 0 Å². The molecule has 0 spiro atoms. The van der Waals surface area contributed by atoms with E-state index in [0.29, 0.717) is 13.2 Å². The van der Waals surface area contributed by atoms with E-state index in [9.17, 15) is 9.18 Å². The lowest BCUT2D eigenvalue weighted by atomic mass is 10.1. The molecule has 1 atom stereocenters. The second-order valence-corrected chi connectivity index (χ2v) is 4.18. The van der Waals surface area contributed by atoms with Gasteiger partial charge in [0.15, 0.2) is 0 Å². The van der Waals surface area contributed by atoms with Crippen LogP contribution in [-0.2, 0) is 9.47 Å². The van der Waals surface area contributed by atoms with Gasteiger partial charge in [-0.05, 0) is 12.5 Å². The van der Waals surface area contributed by atoms with Crippen molar-refractivity contribution in [3.63, 3.8) is 0 Å². The smallest absolute Gasteiger partial charge is 0.341 e. The topological polar surface area (TPSA) is 48.4 Å². The Hall–Kier alpha value is -1.20. The van der Waals surface area contributed by atoms with Crippen LogP contribution in [0.2, 0.25) is 5.15 Å². The molecule has 0 aliphatic carbocycles. The van der Waals surface area contributed by atoms with Gasteiger partial charge in [-0.1, -0.05) is 11.6 Å². The first kappa shape index (κ1) is 12.3. The van der Waals surface area contributed by atoms with Crippen molar-refractivity contribution in [2.75, 3.05) is 19.8 Å². The highest BCUT2D eigenvalue weighted by Gasteiger charge is 2.20. The van der Waals surface area contributed by atoms with Crippen molar-refractivity contribution in [2.45, 2.75) is 6.42 Å². The van der Waals surface area contributed by atoms with Crippen molar-refractivity contribution in [2.24, 2.45) is 5.92 Å². The SMILES string of the molecule is O=C(OCC1CCOC1)c1cc(F)cnc1Cl. The first-order valence-corrected chi connectivity index (χ1v) is 5.60. The van der Waals surface area contributed by atoms with Crippen LogP contribution in [0.1, 0.15) is 16.8 Å². The molecule has 1 aromatic heterocycles. The standard InChI is InChI=1S/C11H11ClFNO3/c12-10-9(3-8(13)4-14-10)11(15)17-6-7-1-2-16-5-7/h3-4,7H,1-2,5-6H2. The van der Waals surface area contributed by atoms with Gasteiger partial charge in [0.05, 0.1) is 25.0 Å². The van der Waals surface area contributed by atoms with Gasteiger partial charge >= 0.3 is 5.97 Å². The number of ether oxygens (including phenoxy) is 2. The molecule has 0 N–H and O–H groups in total. The third-order valence-electron chi connectivity index (χ3n) is 2.50. The molecule has 1 fully saturated rings. The summed E-state index contributed by atoms with van der Waals surface area (Å²) >= 11 is 5.68. The van der Waals surface area contributed by atoms with Crippen LogP contribution in [0.4, 0.5) is 4.39 Å². The Balaban J connectivity index is 1.96. The lowest BCUT2D eigenvalue weighted by molar-refractivity contribution is 0.0427. The van der Waals surface area contributed by atoms with Gasteiger partial charge in [-0.3, -0.25) is 0 Å². The Bertz CT molecular complexity index is 421. The van der Waals surface area contributed by atoms with Crippen LogP contribution in [0, 0.1) is 11.7 Å². The maximum atomic E-state index is 12.9. The fourth-order valence-corrected chi connectivity index (χ4v) is 1.73. The highest BCUT2D eigenvalue weighted by molar-refractivity contribution is 6.32. The monoisotopic (exact) mass is 259 g/mol. The Morgan fingerprint density at radius 3 is 3.24 bits per heavy atom. The summed E-state index contributed by atoms with van der Waals surface area (Å²) in [7, 11) is 0. The van der Waals surface area contributed by atoms with Gasteiger partial charge in [-0.25, -0.2) is 14.2 Å². The second kappa shape index (κ2) is 5.42. The molecular weight excluding hydrogens is 249 g/mol. The van der Waals surface area contributed by atoms with E-state index in [1.165, 1.54) is 0 Å². The zero-order valence-corrected chi connectivity index (χ0v) is 9.74. The van der Waals surface area contributed by atoms with Gasteiger partial charge in [-0.2, -0.15) is 0 Å².